The second-order valence-corrected chi connectivity index (χ2v) is 4.27. The zero-order chi connectivity index (χ0) is 13.9. The first kappa shape index (κ1) is 12.5. The Balaban J connectivity index is 1.94. The lowest BCUT2D eigenvalue weighted by molar-refractivity contribution is 0.0937. The Morgan fingerprint density at radius 3 is 3.20 bits per heavy atom. The summed E-state index contributed by atoms with van der Waals surface area (Å²) in [5.41, 5.74) is 2.82. The minimum atomic E-state index is -0.144. The normalized spacial score (nSPS) is 11.1. The molecular weight excluding hydrogens is 258 g/mol. The number of rotatable bonds is 4. The van der Waals surface area contributed by atoms with Gasteiger partial charge in [0.15, 0.2) is 5.65 Å². The lowest BCUT2D eigenvalue weighted by Gasteiger charge is -2.06. The van der Waals surface area contributed by atoms with Crippen molar-refractivity contribution in [2.45, 2.75) is 0 Å². The summed E-state index contributed by atoms with van der Waals surface area (Å²) in [4.78, 5) is 16.2. The molecule has 0 radical (unpaired) electrons. The van der Waals surface area contributed by atoms with Gasteiger partial charge in [-0.1, -0.05) is 0 Å². The van der Waals surface area contributed by atoms with Gasteiger partial charge in [-0.25, -0.2) is 0 Å². The third-order valence-electron chi connectivity index (χ3n) is 2.98. The zero-order valence-corrected chi connectivity index (χ0v) is 10.9. The van der Waals surface area contributed by atoms with Crippen LogP contribution in [0.4, 0.5) is 0 Å². The molecule has 2 aromatic heterocycles. The average Bonchev–Trinajstić information content (AvgIpc) is 2.95. The lowest BCUT2D eigenvalue weighted by Crippen LogP contribution is -2.26. The van der Waals surface area contributed by atoms with Crippen LogP contribution in [0, 0.1) is 0 Å². The van der Waals surface area contributed by atoms with Gasteiger partial charge in [0.2, 0.25) is 0 Å². The summed E-state index contributed by atoms with van der Waals surface area (Å²) in [6, 6.07) is 5.34. The molecule has 20 heavy (non-hydrogen) atoms. The van der Waals surface area contributed by atoms with E-state index in [0.29, 0.717) is 24.4 Å². The van der Waals surface area contributed by atoms with Crippen LogP contribution >= 0.6 is 0 Å². The maximum absolute atomic E-state index is 12.0. The second kappa shape index (κ2) is 5.22. The molecule has 0 spiro atoms. The van der Waals surface area contributed by atoms with Gasteiger partial charge in [0.1, 0.15) is 6.33 Å². The summed E-state index contributed by atoms with van der Waals surface area (Å²) in [6.45, 7) is 0.962. The molecule has 0 atom stereocenters. The minimum absolute atomic E-state index is 0.144. The number of aromatic nitrogens is 4. The van der Waals surface area contributed by atoms with Crippen LogP contribution in [-0.4, -0.2) is 45.8 Å². The molecule has 0 unspecified atom stereocenters. The van der Waals surface area contributed by atoms with Crippen molar-refractivity contribution >= 4 is 22.6 Å². The molecule has 0 aliphatic rings. The van der Waals surface area contributed by atoms with Crippen molar-refractivity contribution < 1.29 is 9.53 Å². The molecule has 2 heterocycles. The molecule has 1 amide bonds. The van der Waals surface area contributed by atoms with Crippen molar-refractivity contribution in [3.63, 3.8) is 0 Å². The summed E-state index contributed by atoms with van der Waals surface area (Å²) in [7, 11) is 1.59. The van der Waals surface area contributed by atoms with Crippen LogP contribution in [0.5, 0.6) is 0 Å². The predicted molar refractivity (Wildman–Crippen MR) is 72.5 cm³/mol. The topological polar surface area (TPSA) is 81.4 Å². The molecular formula is C13H13N5O2. The number of carbonyl (C=O) groups excluding carboxylic acids is 1. The van der Waals surface area contributed by atoms with E-state index in [1.807, 2.05) is 10.5 Å². The maximum Gasteiger partial charge on any atom is 0.251 e. The van der Waals surface area contributed by atoms with E-state index in [1.165, 1.54) is 0 Å². The zero-order valence-electron chi connectivity index (χ0n) is 10.9. The van der Waals surface area contributed by atoms with E-state index in [1.54, 1.807) is 31.8 Å². The quantitative estimate of drug-likeness (QED) is 0.705. The molecule has 3 rings (SSSR count). The van der Waals surface area contributed by atoms with Gasteiger partial charge in [0.25, 0.3) is 5.91 Å². The Morgan fingerprint density at radius 1 is 1.45 bits per heavy atom. The van der Waals surface area contributed by atoms with Crippen LogP contribution in [0.15, 0.2) is 30.7 Å². The van der Waals surface area contributed by atoms with Gasteiger partial charge >= 0.3 is 0 Å². The Hall–Kier alpha value is -2.54. The Labute approximate surface area is 114 Å². The molecule has 0 saturated carbocycles. The van der Waals surface area contributed by atoms with E-state index >= 15 is 0 Å². The summed E-state index contributed by atoms with van der Waals surface area (Å²) < 4.78 is 6.72. The summed E-state index contributed by atoms with van der Waals surface area (Å²) in [5, 5.41) is 10.5. The Kier molecular flexibility index (Phi) is 3.26. The molecule has 3 aromatic rings. The van der Waals surface area contributed by atoms with E-state index in [4.69, 9.17) is 4.74 Å². The van der Waals surface area contributed by atoms with E-state index in [-0.39, 0.29) is 5.91 Å². The number of carbonyl (C=O) groups is 1. The molecule has 0 aliphatic carbocycles. The number of nitrogens with one attached hydrogen (secondary N) is 1. The van der Waals surface area contributed by atoms with Gasteiger partial charge in [0, 0.05) is 19.2 Å². The van der Waals surface area contributed by atoms with Gasteiger partial charge in [0.05, 0.1) is 23.8 Å². The van der Waals surface area contributed by atoms with Crippen LogP contribution in [0.25, 0.3) is 16.7 Å². The first-order chi connectivity index (χ1) is 9.79. The van der Waals surface area contributed by atoms with Crippen LogP contribution < -0.4 is 5.32 Å². The molecule has 1 N–H and O–H groups in total. The fourth-order valence-corrected chi connectivity index (χ4v) is 1.99. The standard InChI is InChI=1S/C13H13N5O2/c1-20-5-4-14-13(19)9-2-3-11-10(6-9)15-7-12-17-16-8-18(11)12/h2-3,6-8H,4-5H2,1H3,(H,14,19). The summed E-state index contributed by atoms with van der Waals surface area (Å²) in [5.74, 6) is -0.144. The largest absolute Gasteiger partial charge is 0.383 e. The fraction of sp³-hybridized carbons (Fsp3) is 0.231. The Morgan fingerprint density at radius 2 is 2.35 bits per heavy atom. The molecule has 1 aromatic carbocycles. The number of amides is 1. The highest BCUT2D eigenvalue weighted by molar-refractivity contribution is 5.97. The highest BCUT2D eigenvalue weighted by atomic mass is 16.5. The van der Waals surface area contributed by atoms with E-state index in [2.05, 4.69) is 20.5 Å². The van der Waals surface area contributed by atoms with Crippen molar-refractivity contribution in [1.29, 1.82) is 0 Å². The van der Waals surface area contributed by atoms with Crippen molar-refractivity contribution in [3.05, 3.63) is 36.3 Å². The van der Waals surface area contributed by atoms with Gasteiger partial charge in [-0.05, 0) is 18.2 Å². The second-order valence-electron chi connectivity index (χ2n) is 4.27. The highest BCUT2D eigenvalue weighted by Gasteiger charge is 2.08. The molecule has 0 fully saturated rings. The number of fused-ring (bicyclic) bond motifs is 3. The van der Waals surface area contributed by atoms with E-state index in [0.717, 1.165) is 11.0 Å². The maximum atomic E-state index is 12.0. The van der Waals surface area contributed by atoms with Gasteiger partial charge in [-0.2, -0.15) is 0 Å². The smallest absolute Gasteiger partial charge is 0.251 e. The third-order valence-corrected chi connectivity index (χ3v) is 2.98. The van der Waals surface area contributed by atoms with Crippen molar-refractivity contribution in [3.8, 4) is 0 Å². The number of methoxy groups -OCH3 is 1. The van der Waals surface area contributed by atoms with Crippen LogP contribution in [0.3, 0.4) is 0 Å². The number of hydrogen-bond acceptors (Lipinski definition) is 5. The Bertz CT molecular complexity index is 768. The lowest BCUT2D eigenvalue weighted by atomic mass is 10.2. The van der Waals surface area contributed by atoms with Crippen molar-refractivity contribution in [2.24, 2.45) is 0 Å². The van der Waals surface area contributed by atoms with E-state index in [9.17, 15) is 4.79 Å². The van der Waals surface area contributed by atoms with Gasteiger partial charge in [-0.15, -0.1) is 10.2 Å². The molecule has 7 heteroatoms. The van der Waals surface area contributed by atoms with Crippen LogP contribution in [-0.2, 0) is 4.74 Å². The number of nitrogens with zero attached hydrogens (tertiary/aromatic N) is 4. The minimum Gasteiger partial charge on any atom is -0.383 e. The highest BCUT2D eigenvalue weighted by Crippen LogP contribution is 2.15. The first-order valence-corrected chi connectivity index (χ1v) is 6.15. The van der Waals surface area contributed by atoms with Crippen LogP contribution in [0.1, 0.15) is 10.4 Å². The van der Waals surface area contributed by atoms with Gasteiger partial charge < -0.3 is 10.1 Å². The molecule has 7 nitrogen and oxygen atoms in total. The van der Waals surface area contributed by atoms with Crippen molar-refractivity contribution in [2.75, 3.05) is 20.3 Å². The summed E-state index contributed by atoms with van der Waals surface area (Å²) >= 11 is 0. The van der Waals surface area contributed by atoms with Crippen LogP contribution in [0.2, 0.25) is 0 Å². The van der Waals surface area contributed by atoms with Gasteiger partial charge in [-0.3, -0.25) is 14.2 Å². The SMILES string of the molecule is COCCNC(=O)c1ccc2c(c1)ncc1nncn12. The van der Waals surface area contributed by atoms with Crippen molar-refractivity contribution in [1.82, 2.24) is 24.9 Å². The third kappa shape index (κ3) is 2.19. The molecule has 0 saturated heterocycles. The van der Waals surface area contributed by atoms with E-state index < -0.39 is 0 Å². The number of benzene rings is 1. The monoisotopic (exact) mass is 271 g/mol. The number of hydrogen-bond donors (Lipinski definition) is 1. The predicted octanol–water partition coefficient (Wildman–Crippen LogP) is 0.654. The molecule has 0 bridgehead atoms. The number of ether oxygens (including phenoxy) is 1. The summed E-state index contributed by atoms with van der Waals surface area (Å²) in [6.07, 6.45) is 3.25. The fourth-order valence-electron chi connectivity index (χ4n) is 1.99. The molecule has 0 aliphatic heterocycles. The first-order valence-electron chi connectivity index (χ1n) is 6.15. The molecule has 102 valence electrons. The average molecular weight is 271 g/mol.